The number of pyridine rings is 2. The maximum Gasteiger partial charge on any atom is 0.274 e. The van der Waals surface area contributed by atoms with Crippen LogP contribution < -0.4 is 10.2 Å². The van der Waals surface area contributed by atoms with Crippen LogP contribution in [-0.2, 0) is 0 Å². The van der Waals surface area contributed by atoms with Gasteiger partial charge in [0.25, 0.3) is 5.91 Å². The van der Waals surface area contributed by atoms with Crippen LogP contribution in [0.4, 0.5) is 11.5 Å². The van der Waals surface area contributed by atoms with Gasteiger partial charge in [-0.1, -0.05) is 6.07 Å². The Morgan fingerprint density at radius 3 is 2.52 bits per heavy atom. The van der Waals surface area contributed by atoms with Gasteiger partial charge in [0.1, 0.15) is 11.5 Å². The van der Waals surface area contributed by atoms with Crippen molar-refractivity contribution in [2.45, 2.75) is 45.2 Å². The highest BCUT2D eigenvalue weighted by Crippen LogP contribution is 2.21. The Morgan fingerprint density at radius 1 is 1.00 bits per heavy atom. The van der Waals surface area contributed by atoms with Crippen LogP contribution in [0.15, 0.2) is 42.7 Å². The minimum atomic E-state index is -0.193. The van der Waals surface area contributed by atoms with Crippen molar-refractivity contribution in [3.63, 3.8) is 0 Å². The van der Waals surface area contributed by atoms with Gasteiger partial charge in [-0.15, -0.1) is 0 Å². The summed E-state index contributed by atoms with van der Waals surface area (Å²) in [4.78, 5) is 28.9. The van der Waals surface area contributed by atoms with Crippen LogP contribution in [0.25, 0.3) is 0 Å². The zero-order valence-corrected chi connectivity index (χ0v) is 18.7. The number of nitrogens with one attached hydrogen (secondary N) is 1. The third kappa shape index (κ3) is 5.60. The summed E-state index contributed by atoms with van der Waals surface area (Å²) in [6, 6.07) is 10.6. The van der Waals surface area contributed by atoms with Crippen molar-refractivity contribution < 1.29 is 4.79 Å². The molecule has 166 valence electrons. The van der Waals surface area contributed by atoms with E-state index in [1.165, 1.54) is 25.9 Å². The van der Waals surface area contributed by atoms with Crippen molar-refractivity contribution in [3.05, 3.63) is 48.4 Å². The first-order valence-corrected chi connectivity index (χ1v) is 11.5. The SMILES string of the molecule is CC(C)N1CCC(N2CCCN(c3cccc(C(=O)Nc4ccncc4)n3)CC2)CC1. The van der Waals surface area contributed by atoms with Crippen LogP contribution in [-0.4, -0.2) is 77.0 Å². The fourth-order valence-electron chi connectivity index (χ4n) is 4.66. The Balaban J connectivity index is 1.35. The Kier molecular flexibility index (Phi) is 7.14. The smallest absolute Gasteiger partial charge is 0.274 e. The molecule has 0 saturated carbocycles. The minimum Gasteiger partial charge on any atom is -0.355 e. The second kappa shape index (κ2) is 10.2. The van der Waals surface area contributed by atoms with Gasteiger partial charge in [-0.2, -0.15) is 0 Å². The van der Waals surface area contributed by atoms with Crippen molar-refractivity contribution in [3.8, 4) is 0 Å². The second-order valence-corrected chi connectivity index (χ2v) is 8.81. The van der Waals surface area contributed by atoms with Crippen molar-refractivity contribution in [1.82, 2.24) is 19.8 Å². The molecule has 2 fully saturated rings. The van der Waals surface area contributed by atoms with E-state index in [1.54, 1.807) is 30.6 Å². The molecule has 7 nitrogen and oxygen atoms in total. The number of anilines is 2. The largest absolute Gasteiger partial charge is 0.355 e. The van der Waals surface area contributed by atoms with Crippen molar-refractivity contribution in [2.24, 2.45) is 0 Å². The van der Waals surface area contributed by atoms with Crippen LogP contribution in [0.1, 0.15) is 43.6 Å². The molecule has 0 aliphatic carbocycles. The first-order chi connectivity index (χ1) is 15.1. The normalized spacial score (nSPS) is 19.4. The number of amides is 1. The van der Waals surface area contributed by atoms with Gasteiger partial charge in [-0.25, -0.2) is 4.98 Å². The summed E-state index contributed by atoms with van der Waals surface area (Å²) >= 11 is 0. The second-order valence-electron chi connectivity index (χ2n) is 8.81. The number of hydrogen-bond donors (Lipinski definition) is 1. The highest BCUT2D eigenvalue weighted by molar-refractivity contribution is 6.03. The van der Waals surface area contributed by atoms with Gasteiger partial charge in [-0.05, 0) is 70.5 Å². The van der Waals surface area contributed by atoms with E-state index in [2.05, 4.69) is 43.8 Å². The molecular formula is C24H34N6O. The van der Waals surface area contributed by atoms with E-state index in [4.69, 9.17) is 0 Å². The fraction of sp³-hybridized carbons (Fsp3) is 0.542. The molecule has 0 atom stereocenters. The Bertz CT molecular complexity index is 850. The molecule has 2 aromatic rings. The van der Waals surface area contributed by atoms with E-state index in [1.807, 2.05) is 12.1 Å². The molecule has 2 saturated heterocycles. The lowest BCUT2D eigenvalue weighted by molar-refractivity contribution is 0.0965. The van der Waals surface area contributed by atoms with Gasteiger partial charge in [0, 0.05) is 56.3 Å². The van der Waals surface area contributed by atoms with Gasteiger partial charge in [0.05, 0.1) is 0 Å². The maximum absolute atomic E-state index is 12.6. The fourth-order valence-corrected chi connectivity index (χ4v) is 4.66. The molecule has 0 unspecified atom stereocenters. The zero-order chi connectivity index (χ0) is 21.6. The average Bonchev–Trinajstić information content (AvgIpc) is 3.06. The van der Waals surface area contributed by atoms with Crippen LogP contribution >= 0.6 is 0 Å². The number of carbonyl (C=O) groups is 1. The van der Waals surface area contributed by atoms with Gasteiger partial charge < -0.3 is 15.1 Å². The molecule has 2 aliphatic heterocycles. The lowest BCUT2D eigenvalue weighted by Gasteiger charge is -2.39. The van der Waals surface area contributed by atoms with E-state index in [0.29, 0.717) is 17.8 Å². The molecule has 4 rings (SSSR count). The quantitative estimate of drug-likeness (QED) is 0.799. The lowest BCUT2D eigenvalue weighted by Crippen LogP contribution is -2.47. The Morgan fingerprint density at radius 2 is 1.77 bits per heavy atom. The number of likely N-dealkylation sites (tertiary alicyclic amines) is 1. The standard InChI is InChI=1S/C24H34N6O/c1-19(2)28-15-9-21(10-16-28)29-13-4-14-30(18-17-29)23-6-3-5-22(27-23)24(31)26-20-7-11-25-12-8-20/h3,5-8,11-12,19,21H,4,9-10,13-18H2,1-2H3,(H,25,26,31). The maximum atomic E-state index is 12.6. The number of hydrogen-bond acceptors (Lipinski definition) is 6. The molecular weight excluding hydrogens is 388 g/mol. The zero-order valence-electron chi connectivity index (χ0n) is 18.7. The minimum absolute atomic E-state index is 0.193. The summed E-state index contributed by atoms with van der Waals surface area (Å²) in [6.45, 7) is 11.1. The summed E-state index contributed by atoms with van der Waals surface area (Å²) in [6.07, 6.45) is 6.98. The summed E-state index contributed by atoms with van der Waals surface area (Å²) in [5.74, 6) is 0.695. The summed E-state index contributed by atoms with van der Waals surface area (Å²) in [7, 11) is 0. The van der Waals surface area contributed by atoms with Crippen molar-refractivity contribution in [2.75, 3.05) is 49.5 Å². The number of carbonyl (C=O) groups excluding carboxylic acids is 1. The van der Waals surface area contributed by atoms with Crippen LogP contribution in [0.3, 0.4) is 0 Å². The first-order valence-electron chi connectivity index (χ1n) is 11.5. The molecule has 4 heterocycles. The molecule has 2 aliphatic rings. The average molecular weight is 423 g/mol. The van der Waals surface area contributed by atoms with E-state index < -0.39 is 0 Å². The molecule has 0 bridgehead atoms. The third-order valence-corrected chi connectivity index (χ3v) is 6.51. The number of rotatable bonds is 5. The molecule has 7 heteroatoms. The lowest BCUT2D eigenvalue weighted by atomic mass is 10.0. The van der Waals surface area contributed by atoms with E-state index >= 15 is 0 Å². The topological polar surface area (TPSA) is 64.6 Å². The molecule has 2 aromatic heterocycles. The molecule has 0 aromatic carbocycles. The predicted molar refractivity (Wildman–Crippen MR) is 125 cm³/mol. The molecule has 1 amide bonds. The third-order valence-electron chi connectivity index (χ3n) is 6.51. The predicted octanol–water partition coefficient (Wildman–Crippen LogP) is 3.11. The number of nitrogens with zero attached hydrogens (tertiary/aromatic N) is 5. The van der Waals surface area contributed by atoms with Gasteiger partial charge in [-0.3, -0.25) is 14.7 Å². The van der Waals surface area contributed by atoms with Gasteiger partial charge in [0.15, 0.2) is 0 Å². The van der Waals surface area contributed by atoms with E-state index in [-0.39, 0.29) is 5.91 Å². The van der Waals surface area contributed by atoms with Crippen molar-refractivity contribution >= 4 is 17.4 Å². The summed E-state index contributed by atoms with van der Waals surface area (Å²) in [5, 5.41) is 2.89. The van der Waals surface area contributed by atoms with Crippen LogP contribution in [0.5, 0.6) is 0 Å². The number of piperidine rings is 1. The van der Waals surface area contributed by atoms with Crippen LogP contribution in [0.2, 0.25) is 0 Å². The highest BCUT2D eigenvalue weighted by atomic mass is 16.1. The van der Waals surface area contributed by atoms with E-state index in [9.17, 15) is 4.79 Å². The number of aromatic nitrogens is 2. The van der Waals surface area contributed by atoms with E-state index in [0.717, 1.165) is 44.1 Å². The monoisotopic (exact) mass is 422 g/mol. The van der Waals surface area contributed by atoms with Crippen molar-refractivity contribution in [1.29, 1.82) is 0 Å². The van der Waals surface area contributed by atoms with Gasteiger partial charge in [0.2, 0.25) is 0 Å². The van der Waals surface area contributed by atoms with Crippen LogP contribution in [0, 0.1) is 0 Å². The molecule has 0 spiro atoms. The first kappa shape index (κ1) is 21.7. The summed E-state index contributed by atoms with van der Waals surface area (Å²) in [5.41, 5.74) is 1.16. The molecule has 0 radical (unpaired) electrons. The Labute approximate surface area is 185 Å². The molecule has 31 heavy (non-hydrogen) atoms. The highest BCUT2D eigenvalue weighted by Gasteiger charge is 2.27. The van der Waals surface area contributed by atoms with Gasteiger partial charge >= 0.3 is 0 Å². The molecule has 1 N–H and O–H groups in total. The Hall–Kier alpha value is -2.51. The summed E-state index contributed by atoms with van der Waals surface area (Å²) < 4.78 is 0.